The smallest absolute Gasteiger partial charge is 0.323 e. The zero-order valence-electron chi connectivity index (χ0n) is 10.0. The van der Waals surface area contributed by atoms with Crippen LogP contribution in [-0.2, 0) is 4.74 Å². The van der Waals surface area contributed by atoms with Gasteiger partial charge >= 0.3 is 5.69 Å². The van der Waals surface area contributed by atoms with Crippen molar-refractivity contribution in [1.29, 1.82) is 0 Å². The molecular weight excluding hydrogens is 238 g/mol. The number of amides is 1. The number of aromatic nitrogens is 2. The molecule has 0 aromatic carbocycles. The molecule has 1 aromatic heterocycles. The number of nitrogens with zero attached hydrogens (tertiary/aromatic N) is 1. The maximum absolute atomic E-state index is 12.0. The fraction of sp³-hybridized carbons (Fsp3) is 0.636. The molecule has 1 aliphatic heterocycles. The van der Waals surface area contributed by atoms with Gasteiger partial charge in [0.05, 0.1) is 19.3 Å². The van der Waals surface area contributed by atoms with Crippen molar-refractivity contribution < 1.29 is 14.6 Å². The third kappa shape index (κ3) is 2.99. The lowest BCUT2D eigenvalue weighted by molar-refractivity contribution is -0.00564. The number of nitrogens with one attached hydrogen (secondary N) is 2. The molecule has 100 valence electrons. The SMILES string of the molecule is O=C(c1c[nH]c(=O)[nH]1)N1CCC(OCCO)CC1. The molecule has 0 aliphatic carbocycles. The standard InChI is InChI=1S/C11H17N3O4/c15-5-6-18-8-1-3-14(4-2-8)10(16)9-7-12-11(17)13-9/h7-8,15H,1-6H2,(H2,12,13,17). The summed E-state index contributed by atoms with van der Waals surface area (Å²) < 4.78 is 5.42. The van der Waals surface area contributed by atoms with Crippen molar-refractivity contribution in [3.8, 4) is 0 Å². The molecule has 2 heterocycles. The average molecular weight is 255 g/mol. The highest BCUT2D eigenvalue weighted by Crippen LogP contribution is 2.15. The summed E-state index contributed by atoms with van der Waals surface area (Å²) in [5.74, 6) is -0.172. The van der Waals surface area contributed by atoms with Crippen molar-refractivity contribution in [2.75, 3.05) is 26.3 Å². The Balaban J connectivity index is 1.86. The molecule has 3 N–H and O–H groups in total. The Bertz CT molecular complexity index is 445. The molecule has 18 heavy (non-hydrogen) atoms. The third-order valence-corrected chi connectivity index (χ3v) is 3.00. The molecule has 1 fully saturated rings. The van der Waals surface area contributed by atoms with Gasteiger partial charge in [-0.25, -0.2) is 4.79 Å². The Morgan fingerprint density at radius 3 is 2.78 bits per heavy atom. The van der Waals surface area contributed by atoms with Gasteiger partial charge in [0.2, 0.25) is 0 Å². The maximum Gasteiger partial charge on any atom is 0.323 e. The Kier molecular flexibility index (Phi) is 4.16. The van der Waals surface area contributed by atoms with E-state index in [-0.39, 0.29) is 30.0 Å². The molecule has 2 rings (SSSR count). The molecule has 7 heteroatoms. The van der Waals surface area contributed by atoms with E-state index in [1.807, 2.05) is 0 Å². The average Bonchev–Trinajstić information content (AvgIpc) is 2.83. The third-order valence-electron chi connectivity index (χ3n) is 3.00. The summed E-state index contributed by atoms with van der Waals surface area (Å²) in [4.78, 5) is 29.5. The fourth-order valence-electron chi connectivity index (χ4n) is 2.06. The summed E-state index contributed by atoms with van der Waals surface area (Å²) in [5.41, 5.74) is -0.0887. The van der Waals surface area contributed by atoms with Gasteiger partial charge in [0.15, 0.2) is 0 Å². The number of hydrogen-bond donors (Lipinski definition) is 3. The van der Waals surface area contributed by atoms with Gasteiger partial charge < -0.3 is 24.7 Å². The molecular formula is C11H17N3O4. The largest absolute Gasteiger partial charge is 0.394 e. The van der Waals surface area contributed by atoms with Crippen molar-refractivity contribution in [1.82, 2.24) is 14.9 Å². The molecule has 0 bridgehead atoms. The summed E-state index contributed by atoms with van der Waals surface area (Å²) in [5, 5.41) is 8.66. The normalized spacial score (nSPS) is 17.1. The van der Waals surface area contributed by atoms with Gasteiger partial charge in [0, 0.05) is 19.3 Å². The van der Waals surface area contributed by atoms with E-state index in [4.69, 9.17) is 9.84 Å². The maximum atomic E-state index is 12.0. The number of carbonyl (C=O) groups excluding carboxylic acids is 1. The van der Waals surface area contributed by atoms with Crippen LogP contribution in [0.4, 0.5) is 0 Å². The molecule has 0 spiro atoms. The van der Waals surface area contributed by atoms with E-state index in [2.05, 4.69) is 9.97 Å². The Morgan fingerprint density at radius 1 is 1.50 bits per heavy atom. The molecule has 0 atom stereocenters. The van der Waals surface area contributed by atoms with Gasteiger partial charge in [-0.2, -0.15) is 0 Å². The van der Waals surface area contributed by atoms with Gasteiger partial charge in [0.1, 0.15) is 5.69 Å². The van der Waals surface area contributed by atoms with Crippen molar-refractivity contribution >= 4 is 5.91 Å². The second kappa shape index (κ2) is 5.83. The zero-order chi connectivity index (χ0) is 13.0. The Hall–Kier alpha value is -1.60. The first-order valence-electron chi connectivity index (χ1n) is 6.00. The Labute approximate surface area is 104 Å². The van der Waals surface area contributed by atoms with Crippen molar-refractivity contribution in [3.63, 3.8) is 0 Å². The highest BCUT2D eigenvalue weighted by molar-refractivity contribution is 5.92. The van der Waals surface area contributed by atoms with Gasteiger partial charge in [0.25, 0.3) is 5.91 Å². The summed E-state index contributed by atoms with van der Waals surface area (Å²) in [7, 11) is 0. The number of ether oxygens (including phenoxy) is 1. The number of piperidine rings is 1. The monoisotopic (exact) mass is 255 g/mol. The van der Waals surface area contributed by atoms with Crippen LogP contribution < -0.4 is 5.69 Å². The van der Waals surface area contributed by atoms with Crippen LogP contribution in [-0.4, -0.2) is 58.3 Å². The van der Waals surface area contributed by atoms with Gasteiger partial charge in [-0.15, -0.1) is 0 Å². The molecule has 1 amide bonds. The van der Waals surface area contributed by atoms with Crippen LogP contribution in [0.5, 0.6) is 0 Å². The van der Waals surface area contributed by atoms with Crippen molar-refractivity contribution in [2.24, 2.45) is 0 Å². The van der Waals surface area contributed by atoms with Crippen LogP contribution in [0.2, 0.25) is 0 Å². The molecule has 0 radical (unpaired) electrons. The van der Waals surface area contributed by atoms with E-state index in [0.717, 1.165) is 12.8 Å². The van der Waals surface area contributed by atoms with Crippen LogP contribution >= 0.6 is 0 Å². The van der Waals surface area contributed by atoms with E-state index < -0.39 is 0 Å². The van der Waals surface area contributed by atoms with Gasteiger partial charge in [-0.1, -0.05) is 0 Å². The van der Waals surface area contributed by atoms with Crippen LogP contribution in [0.25, 0.3) is 0 Å². The first kappa shape index (κ1) is 12.8. The topological polar surface area (TPSA) is 98.4 Å². The number of rotatable bonds is 4. The van der Waals surface area contributed by atoms with Crippen LogP contribution in [0.15, 0.2) is 11.0 Å². The van der Waals surface area contributed by atoms with Crippen LogP contribution in [0.1, 0.15) is 23.3 Å². The number of likely N-dealkylation sites (tertiary alicyclic amines) is 1. The number of aliphatic hydroxyl groups is 1. The fourth-order valence-corrected chi connectivity index (χ4v) is 2.06. The molecule has 1 aliphatic rings. The number of hydrogen-bond acceptors (Lipinski definition) is 4. The number of imidazole rings is 1. The van der Waals surface area contributed by atoms with Crippen molar-refractivity contribution in [2.45, 2.75) is 18.9 Å². The quantitative estimate of drug-likeness (QED) is 0.663. The molecule has 0 saturated carbocycles. The number of aromatic amines is 2. The first-order valence-corrected chi connectivity index (χ1v) is 6.00. The number of carbonyl (C=O) groups is 1. The van der Waals surface area contributed by atoms with E-state index in [9.17, 15) is 9.59 Å². The lowest BCUT2D eigenvalue weighted by Gasteiger charge is -2.31. The van der Waals surface area contributed by atoms with Gasteiger partial charge in [-0.3, -0.25) is 4.79 Å². The van der Waals surface area contributed by atoms with E-state index in [1.165, 1.54) is 6.20 Å². The predicted octanol–water partition coefficient (Wildman–Crippen LogP) is -0.684. The molecule has 1 saturated heterocycles. The minimum atomic E-state index is -0.375. The second-order valence-corrected chi connectivity index (χ2v) is 4.24. The minimum Gasteiger partial charge on any atom is -0.394 e. The lowest BCUT2D eigenvalue weighted by Crippen LogP contribution is -2.41. The molecule has 1 aromatic rings. The van der Waals surface area contributed by atoms with Crippen LogP contribution in [0.3, 0.4) is 0 Å². The van der Waals surface area contributed by atoms with E-state index in [1.54, 1.807) is 4.90 Å². The summed E-state index contributed by atoms with van der Waals surface area (Å²) in [6.45, 7) is 1.55. The summed E-state index contributed by atoms with van der Waals surface area (Å²) >= 11 is 0. The number of H-pyrrole nitrogens is 2. The summed E-state index contributed by atoms with van der Waals surface area (Å²) in [6.07, 6.45) is 2.99. The first-order chi connectivity index (χ1) is 8.70. The Morgan fingerprint density at radius 2 is 2.22 bits per heavy atom. The summed E-state index contributed by atoms with van der Waals surface area (Å²) in [6, 6.07) is 0. The highest BCUT2D eigenvalue weighted by Gasteiger charge is 2.24. The number of aliphatic hydroxyl groups excluding tert-OH is 1. The van der Waals surface area contributed by atoms with E-state index in [0.29, 0.717) is 19.7 Å². The second-order valence-electron chi connectivity index (χ2n) is 4.24. The lowest BCUT2D eigenvalue weighted by atomic mass is 10.1. The predicted molar refractivity (Wildman–Crippen MR) is 63.4 cm³/mol. The zero-order valence-corrected chi connectivity index (χ0v) is 10.0. The minimum absolute atomic E-state index is 0.0176. The highest BCUT2D eigenvalue weighted by atomic mass is 16.5. The van der Waals surface area contributed by atoms with Crippen molar-refractivity contribution in [3.05, 3.63) is 22.4 Å². The molecule has 7 nitrogen and oxygen atoms in total. The molecule has 0 unspecified atom stereocenters. The van der Waals surface area contributed by atoms with E-state index >= 15 is 0 Å². The van der Waals surface area contributed by atoms with Crippen LogP contribution in [0, 0.1) is 0 Å². The van der Waals surface area contributed by atoms with Gasteiger partial charge in [-0.05, 0) is 12.8 Å².